The second-order valence-electron chi connectivity index (χ2n) is 7.55. The number of alkyl halides is 3. The molecular formula is C22H19F3N2O4. The van der Waals surface area contributed by atoms with Crippen LogP contribution in [0.4, 0.5) is 18.0 Å². The maximum absolute atomic E-state index is 12.4. The number of hydrogen-bond acceptors (Lipinski definition) is 3. The highest BCUT2D eigenvalue weighted by molar-refractivity contribution is 5.91. The highest BCUT2D eigenvalue weighted by atomic mass is 19.4. The molecule has 1 fully saturated rings. The molecule has 0 saturated heterocycles. The van der Waals surface area contributed by atoms with Crippen molar-refractivity contribution in [1.29, 1.82) is 0 Å². The number of fused-ring (bicyclic) bond motifs is 1. The lowest BCUT2D eigenvalue weighted by atomic mass is 9.96. The van der Waals surface area contributed by atoms with Crippen LogP contribution >= 0.6 is 0 Å². The molecule has 4 rings (SSSR count). The van der Waals surface area contributed by atoms with E-state index >= 15 is 0 Å². The molecule has 1 heterocycles. The van der Waals surface area contributed by atoms with Gasteiger partial charge in [-0.2, -0.15) is 0 Å². The first kappa shape index (κ1) is 20.8. The number of benzene rings is 2. The summed E-state index contributed by atoms with van der Waals surface area (Å²) in [5.41, 5.74) is 2.86. The number of nitrogens with zero attached hydrogens (tertiary/aromatic N) is 1. The lowest BCUT2D eigenvalue weighted by Gasteiger charge is -2.11. The minimum absolute atomic E-state index is 0.121. The Hall–Kier alpha value is -3.49. The van der Waals surface area contributed by atoms with Gasteiger partial charge in [0.05, 0.1) is 5.52 Å². The molecule has 0 bridgehead atoms. The molecule has 1 amide bonds. The number of carbonyl (C=O) groups excluding carboxylic acids is 1. The zero-order valence-electron chi connectivity index (χ0n) is 16.2. The standard InChI is InChI=1S/C22H19F3N2O4/c23-22(24,25)31-17-6-4-16(5-7-17)27-11-19(14-2-3-15(10-14)26-21(29)30)18-8-1-13(12-28)9-20(18)27/h1,4-9,11-12,14-15,26H,2-3,10H2,(H,29,30). The average molecular weight is 432 g/mol. The number of carbonyl (C=O) groups is 2. The second kappa shape index (κ2) is 7.98. The molecule has 9 heteroatoms. The molecule has 3 aromatic rings. The number of rotatable bonds is 5. The molecule has 31 heavy (non-hydrogen) atoms. The van der Waals surface area contributed by atoms with Crippen molar-refractivity contribution in [1.82, 2.24) is 9.88 Å². The summed E-state index contributed by atoms with van der Waals surface area (Å²) in [6, 6.07) is 10.7. The molecule has 1 aliphatic carbocycles. The van der Waals surface area contributed by atoms with Gasteiger partial charge in [-0.25, -0.2) is 4.79 Å². The third kappa shape index (κ3) is 4.50. The Morgan fingerprint density at radius 3 is 2.55 bits per heavy atom. The summed E-state index contributed by atoms with van der Waals surface area (Å²) in [5.74, 6) is -0.199. The van der Waals surface area contributed by atoms with Gasteiger partial charge in [0.2, 0.25) is 0 Å². The maximum atomic E-state index is 12.4. The third-order valence-electron chi connectivity index (χ3n) is 5.55. The van der Waals surface area contributed by atoms with Gasteiger partial charge in [0.15, 0.2) is 0 Å². The van der Waals surface area contributed by atoms with Crippen molar-refractivity contribution in [2.45, 2.75) is 37.6 Å². The summed E-state index contributed by atoms with van der Waals surface area (Å²) < 4.78 is 43.1. The van der Waals surface area contributed by atoms with Crippen LogP contribution in [0.5, 0.6) is 5.75 Å². The molecule has 162 valence electrons. The number of aromatic nitrogens is 1. The predicted molar refractivity (Wildman–Crippen MR) is 107 cm³/mol. The van der Waals surface area contributed by atoms with Crippen LogP contribution in [0.1, 0.15) is 41.1 Å². The van der Waals surface area contributed by atoms with E-state index in [2.05, 4.69) is 10.1 Å². The molecule has 6 nitrogen and oxygen atoms in total. The zero-order valence-corrected chi connectivity index (χ0v) is 16.2. The minimum Gasteiger partial charge on any atom is -0.465 e. The van der Waals surface area contributed by atoms with Gasteiger partial charge in [-0.3, -0.25) is 4.79 Å². The predicted octanol–water partition coefficient (Wildman–Crippen LogP) is 5.25. The molecule has 2 unspecified atom stereocenters. The van der Waals surface area contributed by atoms with E-state index in [4.69, 9.17) is 5.11 Å². The number of carboxylic acid groups (broad SMARTS) is 1. The topological polar surface area (TPSA) is 80.6 Å². The monoisotopic (exact) mass is 432 g/mol. The van der Waals surface area contributed by atoms with Gasteiger partial charge in [-0.15, -0.1) is 13.2 Å². The Kier molecular flexibility index (Phi) is 5.34. The Bertz CT molecular complexity index is 1120. The van der Waals surface area contributed by atoms with E-state index in [1.54, 1.807) is 12.1 Å². The molecule has 2 aromatic carbocycles. The Morgan fingerprint density at radius 1 is 1.16 bits per heavy atom. The van der Waals surface area contributed by atoms with Crippen molar-refractivity contribution in [3.8, 4) is 11.4 Å². The average Bonchev–Trinajstić information content (AvgIpc) is 3.31. The largest absolute Gasteiger partial charge is 0.573 e. The van der Waals surface area contributed by atoms with E-state index < -0.39 is 12.5 Å². The molecule has 1 aromatic heterocycles. The van der Waals surface area contributed by atoms with Gasteiger partial charge in [0.25, 0.3) is 0 Å². The van der Waals surface area contributed by atoms with E-state index in [9.17, 15) is 22.8 Å². The lowest BCUT2D eigenvalue weighted by Crippen LogP contribution is -2.31. The lowest BCUT2D eigenvalue weighted by molar-refractivity contribution is -0.274. The summed E-state index contributed by atoms with van der Waals surface area (Å²) >= 11 is 0. The molecule has 0 spiro atoms. The fourth-order valence-corrected chi connectivity index (χ4v) is 4.26. The number of hydrogen-bond donors (Lipinski definition) is 2. The molecule has 0 radical (unpaired) electrons. The van der Waals surface area contributed by atoms with Gasteiger partial charge in [-0.1, -0.05) is 12.1 Å². The Morgan fingerprint density at radius 2 is 1.90 bits per heavy atom. The first-order valence-corrected chi connectivity index (χ1v) is 9.69. The van der Waals surface area contributed by atoms with Crippen LogP contribution in [0.25, 0.3) is 16.6 Å². The van der Waals surface area contributed by atoms with Crippen molar-refractivity contribution < 1.29 is 32.6 Å². The van der Waals surface area contributed by atoms with E-state index in [0.29, 0.717) is 17.7 Å². The zero-order chi connectivity index (χ0) is 22.2. The first-order valence-electron chi connectivity index (χ1n) is 9.69. The van der Waals surface area contributed by atoms with Crippen molar-refractivity contribution in [3.63, 3.8) is 0 Å². The number of amides is 1. The van der Waals surface area contributed by atoms with Gasteiger partial charge in [-0.05, 0) is 61.1 Å². The number of ether oxygens (including phenoxy) is 1. The SMILES string of the molecule is O=Cc1ccc2c(C3CCC(NC(=O)O)C3)cn(-c3ccc(OC(F)(F)F)cc3)c2c1. The van der Waals surface area contributed by atoms with E-state index in [1.165, 1.54) is 24.3 Å². The summed E-state index contributed by atoms with van der Waals surface area (Å²) in [4.78, 5) is 22.2. The number of aldehydes is 1. The highest BCUT2D eigenvalue weighted by Crippen LogP contribution is 2.40. The van der Waals surface area contributed by atoms with Crippen LogP contribution in [0, 0.1) is 0 Å². The van der Waals surface area contributed by atoms with Crippen LogP contribution in [0.2, 0.25) is 0 Å². The molecule has 2 N–H and O–H groups in total. The van der Waals surface area contributed by atoms with Crippen molar-refractivity contribution >= 4 is 23.3 Å². The normalized spacial score (nSPS) is 18.8. The molecule has 2 atom stereocenters. The van der Waals surface area contributed by atoms with Crippen molar-refractivity contribution in [2.24, 2.45) is 0 Å². The Labute approximate surface area is 175 Å². The quantitative estimate of drug-likeness (QED) is 0.540. The van der Waals surface area contributed by atoms with Gasteiger partial charge in [0, 0.05) is 28.9 Å². The van der Waals surface area contributed by atoms with E-state index in [0.717, 1.165) is 35.6 Å². The summed E-state index contributed by atoms with van der Waals surface area (Å²) in [6.07, 6.45) is -0.996. The summed E-state index contributed by atoms with van der Waals surface area (Å²) in [7, 11) is 0. The van der Waals surface area contributed by atoms with Crippen LogP contribution < -0.4 is 10.1 Å². The molecule has 1 saturated carbocycles. The fourth-order valence-electron chi connectivity index (χ4n) is 4.26. The van der Waals surface area contributed by atoms with E-state index in [-0.39, 0.29) is 17.7 Å². The van der Waals surface area contributed by atoms with Crippen molar-refractivity contribution in [3.05, 3.63) is 59.8 Å². The summed E-state index contributed by atoms with van der Waals surface area (Å²) in [6.45, 7) is 0. The molecule has 0 aliphatic heterocycles. The summed E-state index contributed by atoms with van der Waals surface area (Å²) in [5, 5.41) is 12.4. The van der Waals surface area contributed by atoms with Crippen LogP contribution in [-0.2, 0) is 0 Å². The minimum atomic E-state index is -4.77. The van der Waals surface area contributed by atoms with Crippen LogP contribution in [0.3, 0.4) is 0 Å². The van der Waals surface area contributed by atoms with Crippen LogP contribution in [-0.4, -0.2) is 34.5 Å². The fraction of sp³-hybridized carbons (Fsp3) is 0.273. The van der Waals surface area contributed by atoms with Gasteiger partial charge >= 0.3 is 12.5 Å². The van der Waals surface area contributed by atoms with Crippen LogP contribution in [0.15, 0.2) is 48.7 Å². The number of nitrogens with one attached hydrogen (secondary N) is 1. The van der Waals surface area contributed by atoms with Gasteiger partial charge < -0.3 is 19.7 Å². The molecule has 1 aliphatic rings. The highest BCUT2D eigenvalue weighted by Gasteiger charge is 2.31. The Balaban J connectivity index is 1.72. The maximum Gasteiger partial charge on any atom is 0.573 e. The third-order valence-corrected chi connectivity index (χ3v) is 5.55. The van der Waals surface area contributed by atoms with Crippen molar-refractivity contribution in [2.75, 3.05) is 0 Å². The first-order chi connectivity index (χ1) is 14.7. The smallest absolute Gasteiger partial charge is 0.465 e. The van der Waals surface area contributed by atoms with Gasteiger partial charge in [0.1, 0.15) is 12.0 Å². The number of halogens is 3. The molecular weight excluding hydrogens is 413 g/mol. The second-order valence-corrected chi connectivity index (χ2v) is 7.55. The van der Waals surface area contributed by atoms with E-state index in [1.807, 2.05) is 16.8 Å².